The van der Waals surface area contributed by atoms with Gasteiger partial charge in [-0.3, -0.25) is 9.78 Å². The number of rotatable bonds is 2. The van der Waals surface area contributed by atoms with Crippen molar-refractivity contribution >= 4 is 11.6 Å². The van der Waals surface area contributed by atoms with Crippen molar-refractivity contribution in [3.05, 3.63) is 24.0 Å². The molecule has 1 amide bonds. The highest BCUT2D eigenvalue weighted by molar-refractivity contribution is 5.92. The molecule has 0 spiro atoms. The fourth-order valence-corrected chi connectivity index (χ4v) is 2.15. The van der Waals surface area contributed by atoms with E-state index in [2.05, 4.69) is 10.3 Å². The maximum Gasteiger partial charge on any atom is 0.227 e. The van der Waals surface area contributed by atoms with Gasteiger partial charge >= 0.3 is 0 Å². The lowest BCUT2D eigenvalue weighted by atomic mass is 9.88. The third kappa shape index (κ3) is 2.81. The maximum absolute atomic E-state index is 11.9. The van der Waals surface area contributed by atoms with Crippen LogP contribution in [0.25, 0.3) is 0 Å². The van der Waals surface area contributed by atoms with Gasteiger partial charge in [-0.05, 0) is 31.9 Å². The Morgan fingerprint density at radius 3 is 2.69 bits per heavy atom. The predicted molar refractivity (Wildman–Crippen MR) is 64.2 cm³/mol. The molecule has 1 aromatic rings. The average Bonchev–Trinajstić information content (AvgIpc) is 2.33. The SMILES string of the molecule is Cc1ccc(NC(=O)C2CCCCC2)cn1. The van der Waals surface area contributed by atoms with Crippen molar-refractivity contribution in [1.29, 1.82) is 0 Å². The first-order chi connectivity index (χ1) is 7.75. The molecule has 0 aromatic carbocycles. The molecule has 1 N–H and O–H groups in total. The molecule has 1 fully saturated rings. The average molecular weight is 218 g/mol. The van der Waals surface area contributed by atoms with Crippen LogP contribution < -0.4 is 5.32 Å². The summed E-state index contributed by atoms with van der Waals surface area (Å²) in [6.07, 6.45) is 7.43. The van der Waals surface area contributed by atoms with Gasteiger partial charge in [-0.15, -0.1) is 0 Å². The number of amides is 1. The molecule has 1 aromatic heterocycles. The lowest BCUT2D eigenvalue weighted by Crippen LogP contribution is -2.24. The van der Waals surface area contributed by atoms with E-state index in [0.717, 1.165) is 24.2 Å². The Hall–Kier alpha value is -1.38. The summed E-state index contributed by atoms with van der Waals surface area (Å²) >= 11 is 0. The van der Waals surface area contributed by atoms with E-state index in [1.165, 1.54) is 19.3 Å². The van der Waals surface area contributed by atoms with Crippen LogP contribution in [0, 0.1) is 12.8 Å². The molecule has 3 nitrogen and oxygen atoms in total. The van der Waals surface area contributed by atoms with Gasteiger partial charge in [0.15, 0.2) is 0 Å². The largest absolute Gasteiger partial charge is 0.324 e. The summed E-state index contributed by atoms with van der Waals surface area (Å²) in [5, 5.41) is 2.94. The molecule has 16 heavy (non-hydrogen) atoms. The van der Waals surface area contributed by atoms with E-state index < -0.39 is 0 Å². The van der Waals surface area contributed by atoms with Crippen molar-refractivity contribution in [2.45, 2.75) is 39.0 Å². The molecule has 2 rings (SSSR count). The molecule has 1 saturated carbocycles. The Labute approximate surface area is 96.3 Å². The summed E-state index contributed by atoms with van der Waals surface area (Å²) in [6, 6.07) is 3.82. The van der Waals surface area contributed by atoms with E-state index in [1.807, 2.05) is 19.1 Å². The zero-order valence-corrected chi connectivity index (χ0v) is 9.70. The highest BCUT2D eigenvalue weighted by atomic mass is 16.1. The van der Waals surface area contributed by atoms with Crippen molar-refractivity contribution in [2.75, 3.05) is 5.32 Å². The van der Waals surface area contributed by atoms with Crippen molar-refractivity contribution in [1.82, 2.24) is 4.98 Å². The standard InChI is InChI=1S/C13H18N2O/c1-10-7-8-12(9-14-10)15-13(16)11-5-3-2-4-6-11/h7-9,11H,2-6H2,1H3,(H,15,16). The van der Waals surface area contributed by atoms with E-state index in [9.17, 15) is 4.79 Å². The Morgan fingerprint density at radius 1 is 1.31 bits per heavy atom. The Balaban J connectivity index is 1.93. The van der Waals surface area contributed by atoms with Gasteiger partial charge in [0.05, 0.1) is 11.9 Å². The van der Waals surface area contributed by atoms with E-state index in [-0.39, 0.29) is 11.8 Å². The number of aryl methyl sites for hydroxylation is 1. The number of carbonyl (C=O) groups is 1. The molecule has 0 bridgehead atoms. The number of nitrogens with one attached hydrogen (secondary N) is 1. The Bertz CT molecular complexity index is 353. The van der Waals surface area contributed by atoms with Gasteiger partial charge in [0.2, 0.25) is 5.91 Å². The summed E-state index contributed by atoms with van der Waals surface area (Å²) in [5.41, 5.74) is 1.77. The van der Waals surface area contributed by atoms with Crippen LogP contribution in [0.1, 0.15) is 37.8 Å². The molecule has 0 atom stereocenters. The fraction of sp³-hybridized carbons (Fsp3) is 0.538. The molecule has 0 aliphatic heterocycles. The Morgan fingerprint density at radius 2 is 2.06 bits per heavy atom. The van der Waals surface area contributed by atoms with Crippen LogP contribution in [0.5, 0.6) is 0 Å². The monoisotopic (exact) mass is 218 g/mol. The van der Waals surface area contributed by atoms with E-state index in [0.29, 0.717) is 0 Å². The number of pyridine rings is 1. The number of aromatic nitrogens is 1. The Kier molecular flexibility index (Phi) is 3.54. The summed E-state index contributed by atoms with van der Waals surface area (Å²) < 4.78 is 0. The number of nitrogens with zero attached hydrogens (tertiary/aromatic N) is 1. The van der Waals surface area contributed by atoms with E-state index in [1.54, 1.807) is 6.20 Å². The smallest absolute Gasteiger partial charge is 0.227 e. The number of hydrogen-bond donors (Lipinski definition) is 1. The van der Waals surface area contributed by atoms with Gasteiger partial charge < -0.3 is 5.32 Å². The molecule has 86 valence electrons. The molecular weight excluding hydrogens is 200 g/mol. The summed E-state index contributed by atoms with van der Waals surface area (Å²) in [6.45, 7) is 1.94. The van der Waals surface area contributed by atoms with E-state index >= 15 is 0 Å². The van der Waals surface area contributed by atoms with Crippen molar-refractivity contribution in [3.63, 3.8) is 0 Å². The maximum atomic E-state index is 11.9. The zero-order valence-electron chi connectivity index (χ0n) is 9.70. The van der Waals surface area contributed by atoms with Crippen LogP contribution in [0.2, 0.25) is 0 Å². The second-order valence-corrected chi connectivity index (χ2v) is 4.51. The molecule has 1 aliphatic rings. The fourth-order valence-electron chi connectivity index (χ4n) is 2.15. The van der Waals surface area contributed by atoms with Crippen LogP contribution >= 0.6 is 0 Å². The second kappa shape index (κ2) is 5.10. The van der Waals surface area contributed by atoms with E-state index in [4.69, 9.17) is 0 Å². The minimum absolute atomic E-state index is 0.158. The first kappa shape index (κ1) is 11.1. The number of hydrogen-bond acceptors (Lipinski definition) is 2. The number of anilines is 1. The molecule has 0 radical (unpaired) electrons. The lowest BCUT2D eigenvalue weighted by Gasteiger charge is -2.20. The molecule has 1 heterocycles. The third-order valence-corrected chi connectivity index (χ3v) is 3.15. The van der Waals surface area contributed by atoms with Gasteiger partial charge in [0, 0.05) is 11.6 Å². The molecule has 0 saturated heterocycles. The summed E-state index contributed by atoms with van der Waals surface area (Å²) in [7, 11) is 0. The van der Waals surface area contributed by atoms with Gasteiger partial charge in [0.25, 0.3) is 0 Å². The first-order valence-corrected chi connectivity index (χ1v) is 5.99. The highest BCUT2D eigenvalue weighted by Gasteiger charge is 2.20. The van der Waals surface area contributed by atoms with Crippen molar-refractivity contribution in [2.24, 2.45) is 5.92 Å². The van der Waals surface area contributed by atoms with Crippen LogP contribution in [-0.2, 0) is 4.79 Å². The summed E-state index contributed by atoms with van der Waals surface area (Å²) in [4.78, 5) is 16.1. The summed E-state index contributed by atoms with van der Waals surface area (Å²) in [5.74, 6) is 0.361. The topological polar surface area (TPSA) is 42.0 Å². The van der Waals surface area contributed by atoms with Crippen molar-refractivity contribution in [3.8, 4) is 0 Å². The van der Waals surface area contributed by atoms with Gasteiger partial charge in [-0.2, -0.15) is 0 Å². The van der Waals surface area contributed by atoms with Gasteiger partial charge in [0.1, 0.15) is 0 Å². The zero-order chi connectivity index (χ0) is 11.4. The first-order valence-electron chi connectivity index (χ1n) is 5.99. The lowest BCUT2D eigenvalue weighted by molar-refractivity contribution is -0.120. The van der Waals surface area contributed by atoms with Crippen LogP contribution in [0.15, 0.2) is 18.3 Å². The highest BCUT2D eigenvalue weighted by Crippen LogP contribution is 2.24. The minimum atomic E-state index is 0.158. The quantitative estimate of drug-likeness (QED) is 0.829. The van der Waals surface area contributed by atoms with Gasteiger partial charge in [-0.1, -0.05) is 19.3 Å². The molecule has 1 aliphatic carbocycles. The van der Waals surface area contributed by atoms with Gasteiger partial charge in [-0.25, -0.2) is 0 Å². The van der Waals surface area contributed by atoms with Crippen LogP contribution in [0.4, 0.5) is 5.69 Å². The van der Waals surface area contributed by atoms with Crippen LogP contribution in [-0.4, -0.2) is 10.9 Å². The number of carbonyl (C=O) groups excluding carboxylic acids is 1. The molecule has 0 unspecified atom stereocenters. The predicted octanol–water partition coefficient (Wildman–Crippen LogP) is 2.91. The minimum Gasteiger partial charge on any atom is -0.324 e. The molecule has 3 heteroatoms. The third-order valence-electron chi connectivity index (χ3n) is 3.15. The normalized spacial score (nSPS) is 17.1. The second-order valence-electron chi connectivity index (χ2n) is 4.51. The van der Waals surface area contributed by atoms with Crippen molar-refractivity contribution < 1.29 is 4.79 Å². The molecular formula is C13H18N2O. The van der Waals surface area contributed by atoms with Crippen LogP contribution in [0.3, 0.4) is 0 Å².